The summed E-state index contributed by atoms with van der Waals surface area (Å²) in [4.78, 5) is 2.41. The normalized spacial score (nSPS) is 25.3. The van der Waals surface area contributed by atoms with Gasteiger partial charge in [-0.05, 0) is 39.1 Å². The maximum Gasteiger partial charge on any atom is 0.0896 e. The van der Waals surface area contributed by atoms with Gasteiger partial charge in [0.05, 0.1) is 18.8 Å². The highest BCUT2D eigenvalue weighted by Crippen LogP contribution is 2.30. The number of ether oxygens (including phenoxy) is 1. The quantitative estimate of drug-likeness (QED) is 0.884. The number of aryl methyl sites for hydroxylation is 2. The van der Waals surface area contributed by atoms with Crippen molar-refractivity contribution in [3.8, 4) is 0 Å². The van der Waals surface area contributed by atoms with E-state index >= 15 is 0 Å². The first kappa shape index (κ1) is 13.5. The second-order valence-corrected chi connectivity index (χ2v) is 5.25. The zero-order valence-electron chi connectivity index (χ0n) is 11.9. The standard InChI is InChI=1S/C15H24N2O/c1-11-5-6-12(2)13(9-11)15-14(10-16-3)18-8-7-17(15)4/h5-6,9,14-16H,7-8,10H2,1-4H3. The van der Waals surface area contributed by atoms with Crippen LogP contribution in [0.15, 0.2) is 18.2 Å². The molecule has 100 valence electrons. The van der Waals surface area contributed by atoms with Crippen LogP contribution in [0.1, 0.15) is 22.7 Å². The Morgan fingerprint density at radius 3 is 2.89 bits per heavy atom. The van der Waals surface area contributed by atoms with Gasteiger partial charge < -0.3 is 10.1 Å². The van der Waals surface area contributed by atoms with Gasteiger partial charge in [-0.3, -0.25) is 4.90 Å². The first-order chi connectivity index (χ1) is 8.63. The van der Waals surface area contributed by atoms with Gasteiger partial charge in [0.25, 0.3) is 0 Å². The van der Waals surface area contributed by atoms with Crippen molar-refractivity contribution in [2.45, 2.75) is 26.0 Å². The van der Waals surface area contributed by atoms with E-state index in [0.29, 0.717) is 6.04 Å². The van der Waals surface area contributed by atoms with E-state index in [9.17, 15) is 0 Å². The van der Waals surface area contributed by atoms with Gasteiger partial charge in [-0.25, -0.2) is 0 Å². The van der Waals surface area contributed by atoms with Crippen molar-refractivity contribution in [3.05, 3.63) is 34.9 Å². The van der Waals surface area contributed by atoms with Gasteiger partial charge in [0.2, 0.25) is 0 Å². The molecule has 0 spiro atoms. The summed E-state index contributed by atoms with van der Waals surface area (Å²) < 4.78 is 5.95. The molecule has 3 nitrogen and oxygen atoms in total. The van der Waals surface area contributed by atoms with Crippen molar-refractivity contribution >= 4 is 0 Å². The van der Waals surface area contributed by atoms with Crippen LogP contribution in [0.2, 0.25) is 0 Å². The van der Waals surface area contributed by atoms with E-state index in [1.54, 1.807) is 0 Å². The molecule has 0 radical (unpaired) electrons. The van der Waals surface area contributed by atoms with Gasteiger partial charge in [0.1, 0.15) is 0 Å². The fourth-order valence-corrected chi connectivity index (χ4v) is 2.75. The van der Waals surface area contributed by atoms with Crippen molar-refractivity contribution in [1.82, 2.24) is 10.2 Å². The number of likely N-dealkylation sites (N-methyl/N-ethyl adjacent to an activating group) is 2. The van der Waals surface area contributed by atoms with E-state index in [-0.39, 0.29) is 6.10 Å². The van der Waals surface area contributed by atoms with Crippen molar-refractivity contribution in [1.29, 1.82) is 0 Å². The average Bonchev–Trinajstić information content (AvgIpc) is 2.34. The molecule has 1 heterocycles. The molecule has 2 unspecified atom stereocenters. The van der Waals surface area contributed by atoms with Gasteiger partial charge in [-0.15, -0.1) is 0 Å². The summed E-state index contributed by atoms with van der Waals surface area (Å²) in [7, 11) is 4.18. The molecule has 1 fully saturated rings. The van der Waals surface area contributed by atoms with Gasteiger partial charge in [0, 0.05) is 13.1 Å². The fraction of sp³-hybridized carbons (Fsp3) is 0.600. The lowest BCUT2D eigenvalue weighted by Gasteiger charge is -2.40. The van der Waals surface area contributed by atoms with Crippen LogP contribution < -0.4 is 5.32 Å². The van der Waals surface area contributed by atoms with Crippen LogP contribution in [0.4, 0.5) is 0 Å². The van der Waals surface area contributed by atoms with Crippen molar-refractivity contribution in [3.63, 3.8) is 0 Å². The van der Waals surface area contributed by atoms with Crippen LogP contribution in [0.3, 0.4) is 0 Å². The van der Waals surface area contributed by atoms with E-state index in [1.165, 1.54) is 16.7 Å². The Kier molecular flexibility index (Phi) is 4.38. The minimum atomic E-state index is 0.231. The van der Waals surface area contributed by atoms with E-state index < -0.39 is 0 Å². The van der Waals surface area contributed by atoms with E-state index in [4.69, 9.17) is 4.74 Å². The van der Waals surface area contributed by atoms with Crippen molar-refractivity contribution < 1.29 is 4.74 Å². The molecule has 0 saturated carbocycles. The van der Waals surface area contributed by atoms with E-state index in [0.717, 1.165) is 19.7 Å². The third kappa shape index (κ3) is 2.74. The molecular weight excluding hydrogens is 224 g/mol. The second-order valence-electron chi connectivity index (χ2n) is 5.25. The molecule has 1 saturated heterocycles. The summed E-state index contributed by atoms with van der Waals surface area (Å²) in [5.41, 5.74) is 4.07. The highest BCUT2D eigenvalue weighted by Gasteiger charge is 2.31. The van der Waals surface area contributed by atoms with Crippen LogP contribution in [0, 0.1) is 13.8 Å². The van der Waals surface area contributed by atoms with Crippen molar-refractivity contribution in [2.75, 3.05) is 33.8 Å². The lowest BCUT2D eigenvalue weighted by atomic mass is 9.93. The van der Waals surface area contributed by atoms with E-state index in [2.05, 4.69) is 49.3 Å². The summed E-state index contributed by atoms with van der Waals surface area (Å²) in [5, 5.41) is 3.24. The Bertz CT molecular complexity index is 403. The van der Waals surface area contributed by atoms with Crippen LogP contribution in [-0.2, 0) is 4.74 Å². The molecule has 2 atom stereocenters. The number of nitrogens with zero attached hydrogens (tertiary/aromatic N) is 1. The lowest BCUT2D eigenvalue weighted by molar-refractivity contribution is -0.0608. The predicted molar refractivity (Wildman–Crippen MR) is 75.0 cm³/mol. The largest absolute Gasteiger partial charge is 0.374 e. The predicted octanol–water partition coefficient (Wildman–Crippen LogP) is 1.89. The molecule has 0 aromatic heterocycles. The minimum Gasteiger partial charge on any atom is -0.374 e. The molecule has 0 amide bonds. The molecule has 1 aromatic rings. The van der Waals surface area contributed by atoms with Gasteiger partial charge >= 0.3 is 0 Å². The van der Waals surface area contributed by atoms with Crippen molar-refractivity contribution in [2.24, 2.45) is 0 Å². The molecule has 0 aliphatic carbocycles. The van der Waals surface area contributed by atoms with Gasteiger partial charge in [-0.1, -0.05) is 23.8 Å². The number of hydrogen-bond donors (Lipinski definition) is 1. The minimum absolute atomic E-state index is 0.231. The molecule has 0 bridgehead atoms. The molecular formula is C15H24N2O. The lowest BCUT2D eigenvalue weighted by Crippen LogP contribution is -2.47. The highest BCUT2D eigenvalue weighted by atomic mass is 16.5. The first-order valence-electron chi connectivity index (χ1n) is 6.67. The zero-order valence-corrected chi connectivity index (χ0v) is 11.9. The molecule has 1 aliphatic rings. The maximum absolute atomic E-state index is 5.95. The fourth-order valence-electron chi connectivity index (χ4n) is 2.75. The third-order valence-corrected chi connectivity index (χ3v) is 3.76. The Morgan fingerprint density at radius 1 is 1.39 bits per heavy atom. The van der Waals surface area contributed by atoms with Crippen LogP contribution >= 0.6 is 0 Å². The number of nitrogens with one attached hydrogen (secondary N) is 1. The van der Waals surface area contributed by atoms with Crippen LogP contribution in [0.25, 0.3) is 0 Å². The summed E-state index contributed by atoms with van der Waals surface area (Å²) in [6.45, 7) is 7.05. The monoisotopic (exact) mass is 248 g/mol. The SMILES string of the molecule is CNCC1OCCN(C)C1c1cc(C)ccc1C. The molecule has 1 N–H and O–H groups in total. The molecule has 1 aromatic carbocycles. The maximum atomic E-state index is 5.95. The number of hydrogen-bond acceptors (Lipinski definition) is 3. The Labute approximate surface area is 110 Å². The summed E-state index contributed by atoms with van der Waals surface area (Å²) >= 11 is 0. The van der Waals surface area contributed by atoms with Crippen LogP contribution in [-0.4, -0.2) is 44.8 Å². The Hall–Kier alpha value is -0.900. The third-order valence-electron chi connectivity index (χ3n) is 3.76. The number of rotatable bonds is 3. The Balaban J connectivity index is 2.33. The number of morpholine rings is 1. The van der Waals surface area contributed by atoms with Gasteiger partial charge in [-0.2, -0.15) is 0 Å². The Morgan fingerprint density at radius 2 is 2.17 bits per heavy atom. The molecule has 1 aliphatic heterocycles. The summed E-state index contributed by atoms with van der Waals surface area (Å²) in [5.74, 6) is 0. The topological polar surface area (TPSA) is 24.5 Å². The smallest absolute Gasteiger partial charge is 0.0896 e. The summed E-state index contributed by atoms with van der Waals surface area (Å²) in [6.07, 6.45) is 0.231. The molecule has 2 rings (SSSR count). The van der Waals surface area contributed by atoms with E-state index in [1.807, 2.05) is 7.05 Å². The van der Waals surface area contributed by atoms with Gasteiger partial charge in [0.15, 0.2) is 0 Å². The second kappa shape index (κ2) is 5.83. The highest BCUT2D eigenvalue weighted by molar-refractivity contribution is 5.34. The zero-order chi connectivity index (χ0) is 13.1. The molecule has 18 heavy (non-hydrogen) atoms. The first-order valence-corrected chi connectivity index (χ1v) is 6.67. The van der Waals surface area contributed by atoms with Crippen LogP contribution in [0.5, 0.6) is 0 Å². The number of benzene rings is 1. The average molecular weight is 248 g/mol. The summed E-state index contributed by atoms with van der Waals surface area (Å²) in [6, 6.07) is 7.04. The molecule has 3 heteroatoms.